The molecule has 0 bridgehead atoms. The number of alkyl halides is 1. The second-order valence-corrected chi connectivity index (χ2v) is 7.49. The van der Waals surface area contributed by atoms with Crippen LogP contribution in [0.1, 0.15) is 30.7 Å². The van der Waals surface area contributed by atoms with Gasteiger partial charge >= 0.3 is 0 Å². The van der Waals surface area contributed by atoms with Crippen LogP contribution in [0.2, 0.25) is 0 Å². The molecule has 0 spiro atoms. The highest BCUT2D eigenvalue weighted by Gasteiger charge is 2.20. The van der Waals surface area contributed by atoms with E-state index in [2.05, 4.69) is 14.8 Å². The van der Waals surface area contributed by atoms with Crippen molar-refractivity contribution in [1.29, 1.82) is 0 Å². The Kier molecular flexibility index (Phi) is 4.60. The Labute approximate surface area is 129 Å². The topological polar surface area (TPSA) is 81.8 Å². The summed E-state index contributed by atoms with van der Waals surface area (Å²) >= 11 is 6.20. The molecule has 0 aliphatic heterocycles. The average Bonchev–Trinajstić information content (AvgIpc) is 2.87. The van der Waals surface area contributed by atoms with Crippen LogP contribution in [-0.2, 0) is 30.0 Å². The first-order valence-electron chi connectivity index (χ1n) is 6.75. The van der Waals surface area contributed by atoms with Gasteiger partial charge in [0.05, 0.1) is 17.3 Å². The molecule has 1 unspecified atom stereocenters. The highest BCUT2D eigenvalue weighted by molar-refractivity contribution is 7.88. The lowest BCUT2D eigenvalue weighted by Gasteiger charge is -2.11. The smallest absolute Gasteiger partial charge is 0.208 e. The Morgan fingerprint density at radius 1 is 1.43 bits per heavy atom. The van der Waals surface area contributed by atoms with Crippen molar-refractivity contribution in [2.75, 3.05) is 12.8 Å². The first-order chi connectivity index (χ1) is 9.74. The number of fused-ring (bicyclic) bond motifs is 1. The molecule has 2 aromatic heterocycles. The number of imidazole rings is 1. The maximum Gasteiger partial charge on any atom is 0.208 e. The minimum atomic E-state index is -3.21. The van der Waals surface area contributed by atoms with Crippen LogP contribution in [0.15, 0.2) is 0 Å². The lowest BCUT2D eigenvalue weighted by atomic mass is 10.3. The van der Waals surface area contributed by atoms with Crippen molar-refractivity contribution in [3.8, 4) is 0 Å². The highest BCUT2D eigenvalue weighted by atomic mass is 35.5. The minimum absolute atomic E-state index is 0.264. The lowest BCUT2D eigenvalue weighted by molar-refractivity contribution is 0.573. The fourth-order valence-corrected chi connectivity index (χ4v) is 2.99. The van der Waals surface area contributed by atoms with Gasteiger partial charge in [-0.05, 0) is 13.3 Å². The first-order valence-corrected chi connectivity index (χ1v) is 9.08. The van der Waals surface area contributed by atoms with E-state index < -0.39 is 10.0 Å². The summed E-state index contributed by atoms with van der Waals surface area (Å²) in [5.41, 5.74) is 2.62. The van der Waals surface area contributed by atoms with E-state index in [1.807, 2.05) is 25.5 Å². The first kappa shape index (κ1) is 16.3. The third-order valence-corrected chi connectivity index (χ3v) is 4.13. The molecule has 7 nitrogen and oxygen atoms in total. The van der Waals surface area contributed by atoms with E-state index in [-0.39, 0.29) is 11.9 Å². The minimum Gasteiger partial charge on any atom is -0.310 e. The summed E-state index contributed by atoms with van der Waals surface area (Å²) in [7, 11) is -1.36. The summed E-state index contributed by atoms with van der Waals surface area (Å²) in [6.45, 7) is 4.62. The highest BCUT2D eigenvalue weighted by Crippen LogP contribution is 2.26. The number of aromatic nitrogens is 4. The third-order valence-electron chi connectivity index (χ3n) is 3.21. The van der Waals surface area contributed by atoms with Crippen LogP contribution in [-0.4, -0.2) is 40.5 Å². The molecule has 2 heterocycles. The van der Waals surface area contributed by atoms with Gasteiger partial charge in [0.25, 0.3) is 0 Å². The molecule has 0 saturated carbocycles. The Hall–Kier alpha value is -1.12. The molecule has 0 fully saturated rings. The maximum atomic E-state index is 11.2. The number of hydrogen-bond acceptors (Lipinski definition) is 4. The van der Waals surface area contributed by atoms with Crippen LogP contribution in [0.3, 0.4) is 0 Å². The number of rotatable bonds is 6. The molecule has 0 aliphatic rings. The Balaban J connectivity index is 2.43. The van der Waals surface area contributed by atoms with Gasteiger partial charge in [-0.2, -0.15) is 5.10 Å². The molecule has 21 heavy (non-hydrogen) atoms. The molecule has 118 valence electrons. The van der Waals surface area contributed by atoms with Crippen LogP contribution in [0.4, 0.5) is 0 Å². The molecule has 9 heteroatoms. The van der Waals surface area contributed by atoms with Crippen LogP contribution in [0, 0.1) is 0 Å². The molecule has 0 saturated heterocycles. The number of nitrogens with one attached hydrogen (secondary N) is 1. The second-order valence-electron chi connectivity index (χ2n) is 5.00. The number of halogens is 1. The van der Waals surface area contributed by atoms with Crippen molar-refractivity contribution in [3.63, 3.8) is 0 Å². The summed E-state index contributed by atoms with van der Waals surface area (Å²) in [5.74, 6) is 0.727. The maximum absolute atomic E-state index is 11.2. The monoisotopic (exact) mass is 333 g/mol. The van der Waals surface area contributed by atoms with Gasteiger partial charge in [-0.25, -0.2) is 18.1 Å². The summed E-state index contributed by atoms with van der Waals surface area (Å²) < 4.78 is 28.5. The quantitative estimate of drug-likeness (QED) is 0.805. The van der Waals surface area contributed by atoms with E-state index >= 15 is 0 Å². The molecule has 1 atom stereocenters. The molecular weight excluding hydrogens is 314 g/mol. The third kappa shape index (κ3) is 3.38. The number of nitrogens with zero attached hydrogens (tertiary/aromatic N) is 4. The van der Waals surface area contributed by atoms with Crippen LogP contribution >= 0.6 is 11.6 Å². The molecule has 1 N–H and O–H groups in total. The van der Waals surface area contributed by atoms with E-state index in [0.717, 1.165) is 35.4 Å². The second kappa shape index (κ2) is 5.94. The van der Waals surface area contributed by atoms with Crippen molar-refractivity contribution in [1.82, 2.24) is 24.1 Å². The molecule has 0 amide bonds. The summed E-state index contributed by atoms with van der Waals surface area (Å²) in [5, 5.41) is 4.17. The van der Waals surface area contributed by atoms with Gasteiger partial charge in [-0.1, -0.05) is 6.92 Å². The van der Waals surface area contributed by atoms with E-state index in [4.69, 9.17) is 11.6 Å². The van der Waals surface area contributed by atoms with Gasteiger partial charge in [0, 0.05) is 20.1 Å². The summed E-state index contributed by atoms with van der Waals surface area (Å²) in [6.07, 6.45) is 1.92. The van der Waals surface area contributed by atoms with Crippen LogP contribution in [0.5, 0.6) is 0 Å². The zero-order chi connectivity index (χ0) is 15.8. The molecule has 0 radical (unpaired) electrons. The summed E-state index contributed by atoms with van der Waals surface area (Å²) in [6, 6.07) is 0. The number of aryl methyl sites for hydroxylation is 2. The van der Waals surface area contributed by atoms with E-state index in [0.29, 0.717) is 6.54 Å². The van der Waals surface area contributed by atoms with Crippen LogP contribution in [0.25, 0.3) is 11.2 Å². The van der Waals surface area contributed by atoms with Crippen molar-refractivity contribution in [3.05, 3.63) is 11.5 Å². The van der Waals surface area contributed by atoms with E-state index in [1.54, 1.807) is 4.68 Å². The lowest BCUT2D eigenvalue weighted by Crippen LogP contribution is -2.26. The molecule has 2 rings (SSSR count). The fraction of sp³-hybridized carbons (Fsp3) is 0.667. The summed E-state index contributed by atoms with van der Waals surface area (Å²) in [4.78, 5) is 4.59. The molecular formula is C12H20ClN5O2S. The Morgan fingerprint density at radius 3 is 2.62 bits per heavy atom. The molecule has 0 aromatic carbocycles. The molecule has 2 aromatic rings. The van der Waals surface area contributed by atoms with Crippen molar-refractivity contribution in [2.45, 2.75) is 32.2 Å². The standard InChI is InChI=1S/C12H20ClN5O2S/c1-5-9-10-12(17(3)16-9)18(11(15-10)8(2)13)7-6-14-21(4,19)20/h8,14H,5-7H2,1-4H3. The normalized spacial score (nSPS) is 14.0. The van der Waals surface area contributed by atoms with Gasteiger partial charge in [-0.3, -0.25) is 4.68 Å². The van der Waals surface area contributed by atoms with Crippen LogP contribution < -0.4 is 4.72 Å². The predicted octanol–water partition coefficient (Wildman–Crippen LogP) is 1.18. The van der Waals surface area contributed by atoms with Gasteiger partial charge < -0.3 is 4.57 Å². The van der Waals surface area contributed by atoms with Gasteiger partial charge in [0.1, 0.15) is 11.3 Å². The van der Waals surface area contributed by atoms with Crippen molar-refractivity contribution < 1.29 is 8.42 Å². The average molecular weight is 334 g/mol. The largest absolute Gasteiger partial charge is 0.310 e. The van der Waals surface area contributed by atoms with Gasteiger partial charge in [0.15, 0.2) is 5.65 Å². The van der Waals surface area contributed by atoms with E-state index in [9.17, 15) is 8.42 Å². The van der Waals surface area contributed by atoms with Crippen molar-refractivity contribution in [2.24, 2.45) is 7.05 Å². The van der Waals surface area contributed by atoms with Gasteiger partial charge in [-0.15, -0.1) is 11.6 Å². The fourth-order valence-electron chi connectivity index (χ4n) is 2.36. The zero-order valence-electron chi connectivity index (χ0n) is 12.6. The zero-order valence-corrected chi connectivity index (χ0v) is 14.2. The number of sulfonamides is 1. The number of hydrogen-bond donors (Lipinski definition) is 1. The SMILES string of the molecule is CCc1nn(C)c2c1nc(C(C)Cl)n2CCNS(C)(=O)=O. The molecule has 0 aliphatic carbocycles. The Bertz CT molecular complexity index is 747. The van der Waals surface area contributed by atoms with Gasteiger partial charge in [0.2, 0.25) is 10.0 Å². The Morgan fingerprint density at radius 2 is 2.10 bits per heavy atom. The predicted molar refractivity (Wildman–Crippen MR) is 83.0 cm³/mol. The van der Waals surface area contributed by atoms with Crippen molar-refractivity contribution >= 4 is 32.8 Å². The van der Waals surface area contributed by atoms with E-state index in [1.165, 1.54) is 0 Å².